The lowest BCUT2D eigenvalue weighted by molar-refractivity contribution is -0.385. The second kappa shape index (κ2) is 5.70. The molecule has 1 aliphatic rings. The molecule has 0 spiro atoms. The van der Waals surface area contributed by atoms with Crippen molar-refractivity contribution < 1.29 is 9.72 Å². The second-order valence-corrected chi connectivity index (χ2v) is 4.97. The summed E-state index contributed by atoms with van der Waals surface area (Å²) in [4.78, 5) is 23.7. The third-order valence-electron chi connectivity index (χ3n) is 3.66. The number of nitro groups is 1. The van der Waals surface area contributed by atoms with Gasteiger partial charge < -0.3 is 4.90 Å². The standard InChI is InChI=1S/C14H15N3O3/c1-10(18)11-3-2-6-16(9-11)13-4-5-14(17(19)20)12(7-13)8-15/h4-5,7,11H,2-3,6,9H2,1H3. The highest BCUT2D eigenvalue weighted by molar-refractivity contribution is 5.79. The Hall–Kier alpha value is -2.42. The first-order valence-electron chi connectivity index (χ1n) is 6.47. The molecule has 1 aromatic rings. The Kier molecular flexibility index (Phi) is 3.99. The van der Waals surface area contributed by atoms with Gasteiger partial charge in [-0.1, -0.05) is 0 Å². The summed E-state index contributed by atoms with van der Waals surface area (Å²) in [7, 11) is 0. The van der Waals surface area contributed by atoms with Crippen LogP contribution in [0.2, 0.25) is 0 Å². The Morgan fingerprint density at radius 2 is 2.30 bits per heavy atom. The quantitative estimate of drug-likeness (QED) is 0.622. The number of hydrogen-bond donors (Lipinski definition) is 0. The molecular formula is C14H15N3O3. The molecule has 0 amide bonds. The molecule has 2 rings (SSSR count). The van der Waals surface area contributed by atoms with Gasteiger partial charge in [0.1, 0.15) is 17.4 Å². The molecule has 0 bridgehead atoms. The molecule has 1 aliphatic heterocycles. The first kappa shape index (κ1) is 14.0. The average molecular weight is 273 g/mol. The molecule has 0 saturated carbocycles. The van der Waals surface area contributed by atoms with E-state index >= 15 is 0 Å². The largest absolute Gasteiger partial charge is 0.371 e. The summed E-state index contributed by atoms with van der Waals surface area (Å²) in [5.74, 6) is 0.168. The van der Waals surface area contributed by atoms with Gasteiger partial charge in [0.2, 0.25) is 0 Å². The third kappa shape index (κ3) is 2.77. The lowest BCUT2D eigenvalue weighted by atomic mass is 9.94. The van der Waals surface area contributed by atoms with Crippen LogP contribution >= 0.6 is 0 Å². The van der Waals surface area contributed by atoms with Crippen LogP contribution in [0.4, 0.5) is 11.4 Å². The number of nitrogens with zero attached hydrogens (tertiary/aromatic N) is 3. The molecule has 1 atom stereocenters. The Balaban J connectivity index is 2.27. The molecule has 1 heterocycles. The first-order valence-corrected chi connectivity index (χ1v) is 6.47. The van der Waals surface area contributed by atoms with Gasteiger partial charge in [0.05, 0.1) is 4.92 Å². The molecule has 0 aromatic heterocycles. The molecule has 104 valence electrons. The third-order valence-corrected chi connectivity index (χ3v) is 3.66. The van der Waals surface area contributed by atoms with Gasteiger partial charge >= 0.3 is 0 Å². The first-order chi connectivity index (χ1) is 9.52. The molecule has 0 radical (unpaired) electrons. The van der Waals surface area contributed by atoms with Crippen molar-refractivity contribution in [2.75, 3.05) is 18.0 Å². The maximum Gasteiger partial charge on any atom is 0.287 e. The fraction of sp³-hybridized carbons (Fsp3) is 0.429. The van der Waals surface area contributed by atoms with Crippen LogP contribution in [0.15, 0.2) is 18.2 Å². The minimum Gasteiger partial charge on any atom is -0.371 e. The molecule has 1 unspecified atom stereocenters. The number of nitriles is 1. The van der Waals surface area contributed by atoms with E-state index in [1.165, 1.54) is 12.1 Å². The summed E-state index contributed by atoms with van der Waals surface area (Å²) < 4.78 is 0. The van der Waals surface area contributed by atoms with Crippen LogP contribution in [0.5, 0.6) is 0 Å². The van der Waals surface area contributed by atoms with Crippen LogP contribution in [-0.4, -0.2) is 23.8 Å². The maximum absolute atomic E-state index is 11.5. The highest BCUT2D eigenvalue weighted by Gasteiger charge is 2.24. The van der Waals surface area contributed by atoms with Gasteiger partial charge in [-0.15, -0.1) is 0 Å². The van der Waals surface area contributed by atoms with Crippen LogP contribution in [0.25, 0.3) is 0 Å². The van der Waals surface area contributed by atoms with Crippen LogP contribution < -0.4 is 4.90 Å². The van der Waals surface area contributed by atoms with E-state index in [1.54, 1.807) is 13.0 Å². The van der Waals surface area contributed by atoms with Gasteiger partial charge in [-0.2, -0.15) is 5.26 Å². The molecule has 1 fully saturated rings. The van der Waals surface area contributed by atoms with Crippen molar-refractivity contribution in [1.29, 1.82) is 5.26 Å². The molecular weight excluding hydrogens is 258 g/mol. The van der Waals surface area contributed by atoms with E-state index in [4.69, 9.17) is 5.26 Å². The van der Waals surface area contributed by atoms with E-state index in [0.29, 0.717) is 6.54 Å². The minimum atomic E-state index is -0.559. The molecule has 0 N–H and O–H groups in total. The highest BCUT2D eigenvalue weighted by Crippen LogP contribution is 2.28. The van der Waals surface area contributed by atoms with E-state index in [1.807, 2.05) is 11.0 Å². The molecule has 20 heavy (non-hydrogen) atoms. The SMILES string of the molecule is CC(=O)C1CCCN(c2ccc([N+](=O)[O-])c(C#N)c2)C1. The second-order valence-electron chi connectivity index (χ2n) is 4.97. The normalized spacial score (nSPS) is 18.4. The number of piperidine rings is 1. The van der Waals surface area contributed by atoms with Crippen molar-refractivity contribution in [3.8, 4) is 6.07 Å². The van der Waals surface area contributed by atoms with Gasteiger partial charge in [-0.05, 0) is 31.9 Å². The van der Waals surface area contributed by atoms with Crippen molar-refractivity contribution in [1.82, 2.24) is 0 Å². The number of carbonyl (C=O) groups is 1. The van der Waals surface area contributed by atoms with Crippen molar-refractivity contribution in [2.45, 2.75) is 19.8 Å². The molecule has 6 nitrogen and oxygen atoms in total. The summed E-state index contributed by atoms with van der Waals surface area (Å²) in [5.41, 5.74) is 0.631. The fourth-order valence-electron chi connectivity index (χ4n) is 2.51. The van der Waals surface area contributed by atoms with Gasteiger partial charge in [-0.25, -0.2) is 0 Å². The van der Waals surface area contributed by atoms with Crippen LogP contribution in [0.3, 0.4) is 0 Å². The lowest BCUT2D eigenvalue weighted by Gasteiger charge is -2.33. The maximum atomic E-state index is 11.5. The van der Waals surface area contributed by atoms with Gasteiger partial charge in [-0.3, -0.25) is 14.9 Å². The van der Waals surface area contributed by atoms with E-state index < -0.39 is 4.92 Å². The number of ketones is 1. The summed E-state index contributed by atoms with van der Waals surface area (Å²) in [5, 5.41) is 19.8. The zero-order valence-electron chi connectivity index (χ0n) is 11.2. The number of carbonyl (C=O) groups excluding carboxylic acids is 1. The predicted octanol–water partition coefficient (Wildman–Crippen LogP) is 2.27. The Morgan fingerprint density at radius 1 is 1.55 bits per heavy atom. The Morgan fingerprint density at radius 3 is 2.90 bits per heavy atom. The number of nitro benzene ring substituents is 1. The van der Waals surface area contributed by atoms with Gasteiger partial charge in [0.25, 0.3) is 5.69 Å². The number of benzene rings is 1. The van der Waals surface area contributed by atoms with Crippen LogP contribution in [-0.2, 0) is 4.79 Å². The van der Waals surface area contributed by atoms with E-state index in [9.17, 15) is 14.9 Å². The zero-order valence-corrected chi connectivity index (χ0v) is 11.2. The van der Waals surface area contributed by atoms with Crippen molar-refractivity contribution in [3.63, 3.8) is 0 Å². The molecule has 0 aliphatic carbocycles. The van der Waals surface area contributed by atoms with Crippen LogP contribution in [0.1, 0.15) is 25.3 Å². The minimum absolute atomic E-state index is 0.00415. The van der Waals surface area contributed by atoms with Crippen molar-refractivity contribution >= 4 is 17.2 Å². The predicted molar refractivity (Wildman–Crippen MR) is 73.4 cm³/mol. The monoisotopic (exact) mass is 273 g/mol. The molecule has 1 aromatic carbocycles. The molecule has 6 heteroatoms. The number of rotatable bonds is 3. The fourth-order valence-corrected chi connectivity index (χ4v) is 2.51. The summed E-state index contributed by atoms with van der Waals surface area (Å²) in [6.07, 6.45) is 1.78. The lowest BCUT2D eigenvalue weighted by Crippen LogP contribution is -2.38. The van der Waals surface area contributed by atoms with E-state index in [0.717, 1.165) is 25.1 Å². The van der Waals surface area contributed by atoms with Gasteiger partial charge in [0, 0.05) is 30.8 Å². The average Bonchev–Trinajstić information content (AvgIpc) is 2.46. The Bertz CT molecular complexity index is 592. The number of Topliss-reactive ketones (excluding diaryl/α,β-unsaturated/α-hetero) is 1. The Labute approximate surface area is 116 Å². The van der Waals surface area contributed by atoms with E-state index in [2.05, 4.69) is 0 Å². The van der Waals surface area contributed by atoms with Crippen molar-refractivity contribution in [2.24, 2.45) is 5.92 Å². The smallest absolute Gasteiger partial charge is 0.287 e. The van der Waals surface area contributed by atoms with E-state index in [-0.39, 0.29) is 23.0 Å². The topological polar surface area (TPSA) is 87.2 Å². The summed E-state index contributed by atoms with van der Waals surface area (Å²) in [6, 6.07) is 6.38. The van der Waals surface area contributed by atoms with Gasteiger partial charge in [0.15, 0.2) is 0 Å². The zero-order chi connectivity index (χ0) is 14.7. The molecule has 1 saturated heterocycles. The number of anilines is 1. The van der Waals surface area contributed by atoms with Crippen molar-refractivity contribution in [3.05, 3.63) is 33.9 Å². The highest BCUT2D eigenvalue weighted by atomic mass is 16.6. The summed E-state index contributed by atoms with van der Waals surface area (Å²) >= 11 is 0. The van der Waals surface area contributed by atoms with Crippen LogP contribution in [0, 0.1) is 27.4 Å². The number of hydrogen-bond acceptors (Lipinski definition) is 5. The summed E-state index contributed by atoms with van der Waals surface area (Å²) in [6.45, 7) is 3.00.